The van der Waals surface area contributed by atoms with Crippen molar-refractivity contribution in [3.05, 3.63) is 28.7 Å². The number of benzene rings is 1. The zero-order valence-corrected chi connectivity index (χ0v) is 14.0. The van der Waals surface area contributed by atoms with Crippen LogP contribution in [0.15, 0.2) is 28.7 Å². The van der Waals surface area contributed by atoms with Crippen molar-refractivity contribution >= 4 is 15.9 Å². The third kappa shape index (κ3) is 5.45. The Morgan fingerprint density at radius 1 is 1.25 bits per heavy atom. The van der Waals surface area contributed by atoms with Crippen LogP contribution in [0.2, 0.25) is 0 Å². The highest BCUT2D eigenvalue weighted by molar-refractivity contribution is 9.10. The lowest BCUT2D eigenvalue weighted by Gasteiger charge is -2.23. The highest BCUT2D eigenvalue weighted by Gasteiger charge is 2.18. The van der Waals surface area contributed by atoms with Crippen LogP contribution in [0.5, 0.6) is 5.75 Å². The third-order valence-corrected chi connectivity index (χ3v) is 4.73. The maximum absolute atomic E-state index is 5.76. The molecule has 20 heavy (non-hydrogen) atoms. The number of ether oxygens (including phenoxy) is 1. The summed E-state index contributed by atoms with van der Waals surface area (Å²) in [4.78, 5) is 0. The molecule has 0 spiro atoms. The summed E-state index contributed by atoms with van der Waals surface area (Å²) in [7, 11) is 0. The van der Waals surface area contributed by atoms with Gasteiger partial charge in [-0.15, -0.1) is 0 Å². The zero-order chi connectivity index (χ0) is 14.2. The second-order valence-corrected chi connectivity index (χ2v) is 6.72. The smallest absolute Gasteiger partial charge is 0.120 e. The molecule has 1 fully saturated rings. The van der Waals surface area contributed by atoms with Crippen LogP contribution in [0.1, 0.15) is 45.4 Å². The monoisotopic (exact) mass is 339 g/mol. The largest absolute Gasteiger partial charge is 0.492 e. The van der Waals surface area contributed by atoms with Gasteiger partial charge in [0.15, 0.2) is 0 Å². The molecular weight excluding hydrogens is 314 g/mol. The highest BCUT2D eigenvalue weighted by atomic mass is 79.9. The molecule has 0 radical (unpaired) electrons. The van der Waals surface area contributed by atoms with E-state index >= 15 is 0 Å². The van der Waals surface area contributed by atoms with Crippen LogP contribution in [-0.4, -0.2) is 19.2 Å². The lowest BCUT2D eigenvalue weighted by atomic mass is 9.93. The van der Waals surface area contributed by atoms with Crippen molar-refractivity contribution in [2.75, 3.05) is 13.2 Å². The summed E-state index contributed by atoms with van der Waals surface area (Å²) >= 11 is 3.46. The van der Waals surface area contributed by atoms with E-state index in [2.05, 4.69) is 28.2 Å². The molecule has 2 rings (SSSR count). The van der Waals surface area contributed by atoms with Crippen LogP contribution in [0, 0.1) is 5.92 Å². The molecule has 0 aliphatic heterocycles. The van der Waals surface area contributed by atoms with E-state index in [1.807, 2.05) is 24.3 Å². The van der Waals surface area contributed by atoms with Crippen molar-refractivity contribution < 1.29 is 4.74 Å². The summed E-state index contributed by atoms with van der Waals surface area (Å²) in [5, 5.41) is 3.63. The van der Waals surface area contributed by atoms with Crippen molar-refractivity contribution in [2.45, 2.75) is 51.5 Å². The van der Waals surface area contributed by atoms with Gasteiger partial charge in [0, 0.05) is 17.1 Å². The Kier molecular flexibility index (Phi) is 6.88. The molecule has 0 saturated heterocycles. The molecular formula is C17H26BrNO. The normalized spacial score (nSPS) is 18.5. The predicted octanol–water partition coefficient (Wildman–Crippen LogP) is 4.78. The molecule has 2 nitrogen and oxygen atoms in total. The second-order valence-electron chi connectivity index (χ2n) is 5.80. The molecule has 3 heteroatoms. The Balaban J connectivity index is 1.64. The molecule has 0 aromatic heterocycles. The summed E-state index contributed by atoms with van der Waals surface area (Å²) in [6, 6.07) is 8.63. The summed E-state index contributed by atoms with van der Waals surface area (Å²) in [6.45, 7) is 3.98. The quantitative estimate of drug-likeness (QED) is 0.595. The van der Waals surface area contributed by atoms with E-state index in [9.17, 15) is 0 Å². The molecule has 112 valence electrons. The molecule has 1 aliphatic carbocycles. The van der Waals surface area contributed by atoms with Crippen LogP contribution in [0.25, 0.3) is 0 Å². The first-order chi connectivity index (χ1) is 9.75. The van der Waals surface area contributed by atoms with Crippen molar-refractivity contribution in [3.63, 3.8) is 0 Å². The van der Waals surface area contributed by atoms with E-state index < -0.39 is 0 Å². The fourth-order valence-corrected chi connectivity index (χ4v) is 3.37. The van der Waals surface area contributed by atoms with Gasteiger partial charge in [-0.05, 0) is 43.9 Å². The average molecular weight is 340 g/mol. The maximum Gasteiger partial charge on any atom is 0.120 e. The number of hydrogen-bond donors (Lipinski definition) is 1. The van der Waals surface area contributed by atoms with Gasteiger partial charge in [0.2, 0.25) is 0 Å². The van der Waals surface area contributed by atoms with Gasteiger partial charge in [0.1, 0.15) is 12.4 Å². The van der Waals surface area contributed by atoms with Gasteiger partial charge < -0.3 is 10.1 Å². The van der Waals surface area contributed by atoms with Gasteiger partial charge >= 0.3 is 0 Å². The summed E-state index contributed by atoms with van der Waals surface area (Å²) in [5.41, 5.74) is 0. The van der Waals surface area contributed by atoms with E-state index in [0.717, 1.165) is 29.3 Å². The van der Waals surface area contributed by atoms with Crippen LogP contribution < -0.4 is 10.1 Å². The molecule has 0 heterocycles. The predicted molar refractivity (Wildman–Crippen MR) is 88.3 cm³/mol. The minimum absolute atomic E-state index is 0.610. The Morgan fingerprint density at radius 3 is 2.70 bits per heavy atom. The van der Waals surface area contributed by atoms with Crippen LogP contribution in [0.3, 0.4) is 0 Å². The van der Waals surface area contributed by atoms with Crippen molar-refractivity contribution in [1.29, 1.82) is 0 Å². The fraction of sp³-hybridized carbons (Fsp3) is 0.647. The Hall–Kier alpha value is -0.540. The topological polar surface area (TPSA) is 21.3 Å². The number of halogens is 1. The van der Waals surface area contributed by atoms with E-state index in [0.29, 0.717) is 6.04 Å². The van der Waals surface area contributed by atoms with Crippen LogP contribution in [0.4, 0.5) is 0 Å². The van der Waals surface area contributed by atoms with E-state index in [1.165, 1.54) is 38.5 Å². The van der Waals surface area contributed by atoms with E-state index in [1.54, 1.807) is 0 Å². The fourth-order valence-electron chi connectivity index (χ4n) is 2.99. The van der Waals surface area contributed by atoms with E-state index in [-0.39, 0.29) is 0 Å². The third-order valence-electron chi connectivity index (χ3n) is 4.24. The SMILES string of the molecule is C[C@@H](NCCOc1cccc(Br)c1)C1CCCCCC1. The van der Waals surface area contributed by atoms with Gasteiger partial charge in [-0.3, -0.25) is 0 Å². The lowest BCUT2D eigenvalue weighted by molar-refractivity contribution is 0.280. The van der Waals surface area contributed by atoms with Crippen molar-refractivity contribution in [2.24, 2.45) is 5.92 Å². The number of rotatable bonds is 6. The van der Waals surface area contributed by atoms with E-state index in [4.69, 9.17) is 4.74 Å². The van der Waals surface area contributed by atoms with Crippen molar-refractivity contribution in [3.8, 4) is 5.75 Å². The summed E-state index contributed by atoms with van der Waals surface area (Å²) in [5.74, 6) is 1.78. The summed E-state index contributed by atoms with van der Waals surface area (Å²) in [6.07, 6.45) is 8.45. The first-order valence-corrected chi connectivity index (χ1v) is 8.67. The minimum Gasteiger partial charge on any atom is -0.492 e. The standard InChI is InChI=1S/C17H26BrNO/c1-14(15-7-4-2-3-5-8-15)19-11-12-20-17-10-6-9-16(18)13-17/h6,9-10,13-15,19H,2-5,7-8,11-12H2,1H3/t14-/m1/s1. The zero-order valence-electron chi connectivity index (χ0n) is 12.4. The summed E-state index contributed by atoms with van der Waals surface area (Å²) < 4.78 is 6.82. The van der Waals surface area contributed by atoms with Crippen LogP contribution >= 0.6 is 15.9 Å². The molecule has 0 unspecified atom stereocenters. The molecule has 1 atom stereocenters. The van der Waals surface area contributed by atoms with Crippen molar-refractivity contribution in [1.82, 2.24) is 5.32 Å². The molecule has 0 bridgehead atoms. The minimum atomic E-state index is 0.610. The van der Waals surface area contributed by atoms with Crippen LogP contribution in [-0.2, 0) is 0 Å². The lowest BCUT2D eigenvalue weighted by Crippen LogP contribution is -2.36. The molecule has 1 aromatic carbocycles. The van der Waals surface area contributed by atoms with Gasteiger partial charge in [-0.1, -0.05) is 47.7 Å². The average Bonchev–Trinajstić information content (AvgIpc) is 2.72. The first-order valence-electron chi connectivity index (χ1n) is 7.87. The Labute approximate surface area is 131 Å². The second kappa shape index (κ2) is 8.68. The molecule has 0 amide bonds. The number of nitrogens with one attached hydrogen (secondary N) is 1. The molecule has 1 N–H and O–H groups in total. The van der Waals surface area contributed by atoms with Gasteiger partial charge in [0.05, 0.1) is 0 Å². The van der Waals surface area contributed by atoms with Gasteiger partial charge in [-0.2, -0.15) is 0 Å². The first kappa shape index (κ1) is 15.8. The molecule has 1 saturated carbocycles. The maximum atomic E-state index is 5.76. The molecule has 1 aromatic rings. The van der Waals surface area contributed by atoms with Gasteiger partial charge in [0.25, 0.3) is 0 Å². The molecule has 1 aliphatic rings. The Morgan fingerprint density at radius 2 is 2.00 bits per heavy atom. The Bertz CT molecular complexity index is 388. The van der Waals surface area contributed by atoms with Gasteiger partial charge in [-0.25, -0.2) is 0 Å². The highest BCUT2D eigenvalue weighted by Crippen LogP contribution is 2.25. The number of hydrogen-bond acceptors (Lipinski definition) is 2.